The van der Waals surface area contributed by atoms with Gasteiger partial charge in [-0.1, -0.05) is 25.0 Å². The lowest BCUT2D eigenvalue weighted by Gasteiger charge is -2.29. The molecule has 1 atom stereocenters. The number of carbonyl (C=O) groups is 4. The number of imide groups is 1. The fraction of sp³-hybridized carbons (Fsp3) is 0.368. The standard InChI is InChI=1S/C19H19N3O4/c1-2-3-4-16(23)20-10-12-5-6-14-13(9-12)11-22(19(14)26)15-7-8-17(24)21-18(15)25/h5-6,9,15H,2,7-8,10-11H2,1H3,(H,20,23)(H,21,24,25). The number of carbonyl (C=O) groups excluding carboxylic acids is 4. The molecule has 2 heterocycles. The number of rotatable bonds is 3. The Morgan fingerprint density at radius 1 is 1.35 bits per heavy atom. The van der Waals surface area contributed by atoms with Gasteiger partial charge in [-0.2, -0.15) is 0 Å². The highest BCUT2D eigenvalue weighted by molar-refractivity contribution is 6.05. The van der Waals surface area contributed by atoms with E-state index >= 15 is 0 Å². The molecule has 2 aliphatic heterocycles. The van der Waals surface area contributed by atoms with Crippen molar-refractivity contribution in [3.05, 3.63) is 34.9 Å². The molecular formula is C19H19N3O4. The Morgan fingerprint density at radius 3 is 2.88 bits per heavy atom. The van der Waals surface area contributed by atoms with Crippen molar-refractivity contribution in [3.63, 3.8) is 0 Å². The molecular weight excluding hydrogens is 334 g/mol. The molecule has 134 valence electrons. The van der Waals surface area contributed by atoms with E-state index in [2.05, 4.69) is 22.5 Å². The molecule has 0 saturated carbocycles. The molecule has 0 aromatic heterocycles. The van der Waals surface area contributed by atoms with E-state index in [4.69, 9.17) is 0 Å². The summed E-state index contributed by atoms with van der Waals surface area (Å²) in [4.78, 5) is 49.0. The Balaban J connectivity index is 1.69. The zero-order chi connectivity index (χ0) is 18.7. The maximum atomic E-state index is 12.6. The van der Waals surface area contributed by atoms with Gasteiger partial charge in [-0.05, 0) is 29.5 Å². The molecule has 1 aromatic carbocycles. The highest BCUT2D eigenvalue weighted by Gasteiger charge is 2.38. The molecule has 7 nitrogen and oxygen atoms in total. The molecule has 0 aliphatic carbocycles. The molecule has 0 radical (unpaired) electrons. The van der Waals surface area contributed by atoms with Crippen molar-refractivity contribution in [3.8, 4) is 11.8 Å². The van der Waals surface area contributed by atoms with Gasteiger partial charge < -0.3 is 10.2 Å². The fourth-order valence-corrected chi connectivity index (χ4v) is 3.13. The van der Waals surface area contributed by atoms with Crippen molar-refractivity contribution in [1.29, 1.82) is 0 Å². The first-order valence-corrected chi connectivity index (χ1v) is 8.52. The maximum Gasteiger partial charge on any atom is 0.296 e. The van der Waals surface area contributed by atoms with E-state index in [1.165, 1.54) is 4.90 Å². The van der Waals surface area contributed by atoms with Gasteiger partial charge in [-0.25, -0.2) is 0 Å². The van der Waals surface area contributed by atoms with Crippen LogP contribution in [-0.4, -0.2) is 34.6 Å². The summed E-state index contributed by atoms with van der Waals surface area (Å²) < 4.78 is 0. The Bertz CT molecular complexity index is 850. The van der Waals surface area contributed by atoms with Gasteiger partial charge in [0.15, 0.2) is 0 Å². The molecule has 1 saturated heterocycles. The van der Waals surface area contributed by atoms with Crippen LogP contribution in [-0.2, 0) is 27.5 Å². The summed E-state index contributed by atoms with van der Waals surface area (Å²) in [6.45, 7) is 2.50. The highest BCUT2D eigenvalue weighted by Crippen LogP contribution is 2.28. The average molecular weight is 353 g/mol. The first kappa shape index (κ1) is 17.7. The summed E-state index contributed by atoms with van der Waals surface area (Å²) in [5, 5.41) is 4.99. The zero-order valence-electron chi connectivity index (χ0n) is 14.4. The molecule has 2 N–H and O–H groups in total. The molecule has 1 fully saturated rings. The number of benzene rings is 1. The van der Waals surface area contributed by atoms with Gasteiger partial charge in [-0.15, -0.1) is 0 Å². The van der Waals surface area contributed by atoms with E-state index in [0.717, 1.165) is 11.1 Å². The number of nitrogens with zero attached hydrogens (tertiary/aromatic N) is 1. The number of amides is 4. The van der Waals surface area contributed by atoms with Crippen molar-refractivity contribution in [1.82, 2.24) is 15.5 Å². The lowest BCUT2D eigenvalue weighted by atomic mass is 10.0. The van der Waals surface area contributed by atoms with Crippen molar-refractivity contribution >= 4 is 23.6 Å². The van der Waals surface area contributed by atoms with Crippen LogP contribution in [0.4, 0.5) is 0 Å². The largest absolute Gasteiger partial charge is 0.341 e. The second-order valence-electron chi connectivity index (χ2n) is 6.23. The predicted molar refractivity (Wildman–Crippen MR) is 92.4 cm³/mol. The molecule has 3 rings (SSSR count). The quantitative estimate of drug-likeness (QED) is 0.610. The Labute approximate surface area is 151 Å². The summed E-state index contributed by atoms with van der Waals surface area (Å²) in [5.41, 5.74) is 2.22. The van der Waals surface area contributed by atoms with Crippen molar-refractivity contribution in [2.24, 2.45) is 0 Å². The molecule has 1 unspecified atom stereocenters. The first-order valence-electron chi connectivity index (χ1n) is 8.52. The SMILES string of the molecule is CCC#CC(=O)NCc1ccc2c(c1)CN(C1CCC(=O)NC1=O)C2=O. The van der Waals surface area contributed by atoms with E-state index in [-0.39, 0.29) is 24.1 Å². The van der Waals surface area contributed by atoms with Crippen LogP contribution in [0.15, 0.2) is 18.2 Å². The maximum absolute atomic E-state index is 12.6. The summed E-state index contributed by atoms with van der Waals surface area (Å²) in [6, 6.07) is 4.72. The van der Waals surface area contributed by atoms with Crippen molar-refractivity contribution < 1.29 is 19.2 Å². The van der Waals surface area contributed by atoms with Gasteiger partial charge in [0, 0.05) is 31.5 Å². The second kappa shape index (κ2) is 7.40. The molecule has 0 spiro atoms. The Kier molecular flexibility index (Phi) is 5.03. The third kappa shape index (κ3) is 3.59. The lowest BCUT2D eigenvalue weighted by Crippen LogP contribution is -2.52. The van der Waals surface area contributed by atoms with Crippen LogP contribution in [0.1, 0.15) is 47.7 Å². The molecule has 7 heteroatoms. The number of hydrogen-bond donors (Lipinski definition) is 2. The van der Waals surface area contributed by atoms with Gasteiger partial charge in [0.1, 0.15) is 6.04 Å². The van der Waals surface area contributed by atoms with Crippen LogP contribution in [0.2, 0.25) is 0 Å². The van der Waals surface area contributed by atoms with E-state index in [9.17, 15) is 19.2 Å². The molecule has 0 bridgehead atoms. The minimum absolute atomic E-state index is 0.209. The van der Waals surface area contributed by atoms with E-state index < -0.39 is 11.9 Å². The summed E-state index contributed by atoms with van der Waals surface area (Å²) >= 11 is 0. The highest BCUT2D eigenvalue weighted by atomic mass is 16.2. The number of hydrogen-bond acceptors (Lipinski definition) is 4. The predicted octanol–water partition coefficient (Wildman–Crippen LogP) is 0.477. The lowest BCUT2D eigenvalue weighted by molar-refractivity contribution is -0.137. The van der Waals surface area contributed by atoms with Crippen LogP contribution in [0.3, 0.4) is 0 Å². The second-order valence-corrected chi connectivity index (χ2v) is 6.23. The third-order valence-electron chi connectivity index (χ3n) is 4.42. The van der Waals surface area contributed by atoms with Gasteiger partial charge in [0.25, 0.3) is 11.8 Å². The smallest absolute Gasteiger partial charge is 0.296 e. The molecule has 4 amide bonds. The minimum Gasteiger partial charge on any atom is -0.341 e. The van der Waals surface area contributed by atoms with Crippen molar-refractivity contribution in [2.75, 3.05) is 0 Å². The van der Waals surface area contributed by atoms with E-state index in [1.54, 1.807) is 12.1 Å². The number of piperidine rings is 1. The summed E-state index contributed by atoms with van der Waals surface area (Å²) in [7, 11) is 0. The van der Waals surface area contributed by atoms with Crippen LogP contribution >= 0.6 is 0 Å². The van der Waals surface area contributed by atoms with Crippen LogP contribution in [0.25, 0.3) is 0 Å². The number of nitrogens with one attached hydrogen (secondary N) is 2. The van der Waals surface area contributed by atoms with Gasteiger partial charge in [0.2, 0.25) is 11.8 Å². The summed E-state index contributed by atoms with van der Waals surface area (Å²) in [5.74, 6) is 3.91. The monoisotopic (exact) mass is 353 g/mol. The van der Waals surface area contributed by atoms with Gasteiger partial charge in [0.05, 0.1) is 0 Å². The van der Waals surface area contributed by atoms with Gasteiger partial charge >= 0.3 is 0 Å². The topological polar surface area (TPSA) is 95.6 Å². The minimum atomic E-state index is -0.625. The average Bonchev–Trinajstić information content (AvgIpc) is 2.94. The summed E-state index contributed by atoms with van der Waals surface area (Å²) in [6.07, 6.45) is 1.18. The fourth-order valence-electron chi connectivity index (χ4n) is 3.13. The molecule has 2 aliphatic rings. The van der Waals surface area contributed by atoms with Crippen LogP contribution < -0.4 is 10.6 Å². The Hall–Kier alpha value is -3.14. The third-order valence-corrected chi connectivity index (χ3v) is 4.42. The van der Waals surface area contributed by atoms with Crippen LogP contribution in [0, 0.1) is 11.8 Å². The Morgan fingerprint density at radius 2 is 2.15 bits per heavy atom. The first-order chi connectivity index (χ1) is 12.5. The normalized spacial score (nSPS) is 18.7. The molecule has 26 heavy (non-hydrogen) atoms. The molecule has 1 aromatic rings. The number of fused-ring (bicyclic) bond motifs is 1. The van der Waals surface area contributed by atoms with Crippen molar-refractivity contribution in [2.45, 2.75) is 45.3 Å². The van der Waals surface area contributed by atoms with Gasteiger partial charge in [-0.3, -0.25) is 24.5 Å². The zero-order valence-corrected chi connectivity index (χ0v) is 14.4. The van der Waals surface area contributed by atoms with E-state index in [0.29, 0.717) is 31.5 Å². The van der Waals surface area contributed by atoms with Crippen LogP contribution in [0.5, 0.6) is 0 Å². The van der Waals surface area contributed by atoms with E-state index in [1.807, 2.05) is 13.0 Å².